The number of ether oxygens (including phenoxy) is 1. The second-order valence-corrected chi connectivity index (χ2v) is 5.03. The molecule has 0 aliphatic heterocycles. The first-order chi connectivity index (χ1) is 9.08. The van der Waals surface area contributed by atoms with Crippen molar-refractivity contribution in [3.05, 3.63) is 64.7 Å². The zero-order chi connectivity index (χ0) is 13.8. The SMILES string of the molecule is Cc1ccc(C(N)COc2cccc(C)c2C)cc1. The van der Waals surface area contributed by atoms with Gasteiger partial charge in [0.25, 0.3) is 0 Å². The molecule has 0 heterocycles. The largest absolute Gasteiger partial charge is 0.491 e. The number of hydrogen-bond donors (Lipinski definition) is 1. The first-order valence-electron chi connectivity index (χ1n) is 6.59. The van der Waals surface area contributed by atoms with Gasteiger partial charge in [-0.3, -0.25) is 0 Å². The van der Waals surface area contributed by atoms with Crippen LogP contribution in [0.25, 0.3) is 0 Å². The molecule has 0 aliphatic rings. The lowest BCUT2D eigenvalue weighted by molar-refractivity contribution is 0.288. The molecular weight excluding hydrogens is 234 g/mol. The molecule has 2 aromatic rings. The quantitative estimate of drug-likeness (QED) is 0.904. The van der Waals surface area contributed by atoms with Crippen LogP contribution in [0.15, 0.2) is 42.5 Å². The van der Waals surface area contributed by atoms with Crippen LogP contribution in [0.5, 0.6) is 5.75 Å². The van der Waals surface area contributed by atoms with Gasteiger partial charge in [0.05, 0.1) is 6.04 Å². The molecule has 2 rings (SSSR count). The van der Waals surface area contributed by atoms with E-state index >= 15 is 0 Å². The van der Waals surface area contributed by atoms with E-state index in [0.29, 0.717) is 6.61 Å². The summed E-state index contributed by atoms with van der Waals surface area (Å²) in [7, 11) is 0. The molecular formula is C17H21NO. The molecule has 0 spiro atoms. The molecule has 19 heavy (non-hydrogen) atoms. The average Bonchev–Trinajstić information content (AvgIpc) is 2.41. The van der Waals surface area contributed by atoms with E-state index in [1.54, 1.807) is 0 Å². The minimum atomic E-state index is -0.0967. The van der Waals surface area contributed by atoms with Crippen molar-refractivity contribution in [3.63, 3.8) is 0 Å². The monoisotopic (exact) mass is 255 g/mol. The van der Waals surface area contributed by atoms with E-state index in [0.717, 1.165) is 11.3 Å². The standard InChI is InChI=1S/C17H21NO/c1-12-7-9-15(10-8-12)16(18)11-19-17-6-4-5-13(2)14(17)3/h4-10,16H,11,18H2,1-3H3. The van der Waals surface area contributed by atoms with Crippen molar-refractivity contribution < 1.29 is 4.74 Å². The fourth-order valence-electron chi connectivity index (χ4n) is 1.97. The van der Waals surface area contributed by atoms with Gasteiger partial charge in [0, 0.05) is 0 Å². The Kier molecular flexibility index (Phi) is 4.23. The van der Waals surface area contributed by atoms with E-state index < -0.39 is 0 Å². The van der Waals surface area contributed by atoms with Crippen molar-refractivity contribution in [1.29, 1.82) is 0 Å². The van der Waals surface area contributed by atoms with Crippen LogP contribution in [0, 0.1) is 20.8 Å². The summed E-state index contributed by atoms with van der Waals surface area (Å²) in [5, 5.41) is 0. The highest BCUT2D eigenvalue weighted by Crippen LogP contribution is 2.22. The Hall–Kier alpha value is -1.80. The second-order valence-electron chi connectivity index (χ2n) is 5.03. The molecule has 0 saturated carbocycles. The van der Waals surface area contributed by atoms with Gasteiger partial charge in [0.15, 0.2) is 0 Å². The number of benzene rings is 2. The minimum Gasteiger partial charge on any atom is -0.491 e. The number of rotatable bonds is 4. The minimum absolute atomic E-state index is 0.0967. The third kappa shape index (κ3) is 3.36. The molecule has 2 N–H and O–H groups in total. The van der Waals surface area contributed by atoms with Crippen molar-refractivity contribution in [2.45, 2.75) is 26.8 Å². The van der Waals surface area contributed by atoms with Crippen molar-refractivity contribution in [2.24, 2.45) is 5.73 Å². The van der Waals surface area contributed by atoms with Crippen LogP contribution in [0.3, 0.4) is 0 Å². The van der Waals surface area contributed by atoms with Crippen LogP contribution < -0.4 is 10.5 Å². The summed E-state index contributed by atoms with van der Waals surface area (Å²) in [4.78, 5) is 0. The lowest BCUT2D eigenvalue weighted by atomic mass is 10.1. The number of aryl methyl sites for hydroxylation is 2. The molecule has 1 unspecified atom stereocenters. The zero-order valence-corrected chi connectivity index (χ0v) is 11.8. The highest BCUT2D eigenvalue weighted by atomic mass is 16.5. The van der Waals surface area contributed by atoms with Crippen LogP contribution in [-0.2, 0) is 0 Å². The predicted octanol–water partition coefficient (Wildman–Crippen LogP) is 3.69. The van der Waals surface area contributed by atoms with Crippen molar-refractivity contribution in [3.8, 4) is 5.75 Å². The van der Waals surface area contributed by atoms with Crippen LogP contribution in [0.4, 0.5) is 0 Å². The molecule has 2 heteroatoms. The van der Waals surface area contributed by atoms with Crippen LogP contribution >= 0.6 is 0 Å². The maximum absolute atomic E-state index is 6.16. The maximum atomic E-state index is 6.16. The van der Waals surface area contributed by atoms with Gasteiger partial charge in [0.1, 0.15) is 12.4 Å². The van der Waals surface area contributed by atoms with Gasteiger partial charge in [-0.25, -0.2) is 0 Å². The zero-order valence-electron chi connectivity index (χ0n) is 11.8. The summed E-state index contributed by atoms with van der Waals surface area (Å²) >= 11 is 0. The Balaban J connectivity index is 2.02. The van der Waals surface area contributed by atoms with Crippen molar-refractivity contribution in [1.82, 2.24) is 0 Å². The van der Waals surface area contributed by atoms with E-state index in [9.17, 15) is 0 Å². The summed E-state index contributed by atoms with van der Waals surface area (Å²) in [5.74, 6) is 0.919. The highest BCUT2D eigenvalue weighted by molar-refractivity contribution is 5.38. The molecule has 100 valence electrons. The van der Waals surface area contributed by atoms with Gasteiger partial charge in [-0.15, -0.1) is 0 Å². The second kappa shape index (κ2) is 5.89. The lowest BCUT2D eigenvalue weighted by Gasteiger charge is -2.16. The smallest absolute Gasteiger partial charge is 0.122 e. The molecule has 1 atom stereocenters. The Morgan fingerprint density at radius 1 is 1.00 bits per heavy atom. The van der Waals surface area contributed by atoms with Gasteiger partial charge in [-0.1, -0.05) is 42.0 Å². The first kappa shape index (κ1) is 13.6. The van der Waals surface area contributed by atoms with Gasteiger partial charge < -0.3 is 10.5 Å². The van der Waals surface area contributed by atoms with Gasteiger partial charge in [0.2, 0.25) is 0 Å². The Labute approximate surface area is 115 Å². The Morgan fingerprint density at radius 3 is 2.37 bits per heavy atom. The Bertz CT molecular complexity index is 546. The third-order valence-corrected chi connectivity index (χ3v) is 3.48. The molecule has 0 saturated heterocycles. The Morgan fingerprint density at radius 2 is 1.68 bits per heavy atom. The van der Waals surface area contributed by atoms with Gasteiger partial charge in [-0.05, 0) is 43.5 Å². The fraction of sp³-hybridized carbons (Fsp3) is 0.294. The van der Waals surface area contributed by atoms with Crippen molar-refractivity contribution >= 4 is 0 Å². The molecule has 0 aliphatic carbocycles. The van der Waals surface area contributed by atoms with Gasteiger partial charge >= 0.3 is 0 Å². The molecule has 2 aromatic carbocycles. The van der Waals surface area contributed by atoms with E-state index in [1.807, 2.05) is 12.1 Å². The first-order valence-corrected chi connectivity index (χ1v) is 6.59. The maximum Gasteiger partial charge on any atom is 0.122 e. The molecule has 0 bridgehead atoms. The number of hydrogen-bond acceptors (Lipinski definition) is 2. The van der Waals surface area contributed by atoms with Crippen LogP contribution in [0.1, 0.15) is 28.3 Å². The summed E-state index contributed by atoms with van der Waals surface area (Å²) in [5.41, 5.74) is 10.9. The normalized spacial score (nSPS) is 12.2. The van der Waals surface area contributed by atoms with Crippen LogP contribution in [-0.4, -0.2) is 6.61 Å². The summed E-state index contributed by atoms with van der Waals surface area (Å²) in [6, 6.07) is 14.3. The molecule has 0 radical (unpaired) electrons. The van der Waals surface area contributed by atoms with E-state index in [4.69, 9.17) is 10.5 Å². The topological polar surface area (TPSA) is 35.2 Å². The summed E-state index contributed by atoms with van der Waals surface area (Å²) in [6.07, 6.45) is 0. The van der Waals surface area contributed by atoms with Crippen molar-refractivity contribution in [2.75, 3.05) is 6.61 Å². The molecule has 0 amide bonds. The fourth-order valence-corrected chi connectivity index (χ4v) is 1.97. The molecule has 0 aromatic heterocycles. The average molecular weight is 255 g/mol. The van der Waals surface area contributed by atoms with E-state index in [-0.39, 0.29) is 6.04 Å². The third-order valence-electron chi connectivity index (χ3n) is 3.48. The van der Waals surface area contributed by atoms with Gasteiger partial charge in [-0.2, -0.15) is 0 Å². The van der Waals surface area contributed by atoms with Crippen LogP contribution in [0.2, 0.25) is 0 Å². The summed E-state index contributed by atoms with van der Waals surface area (Å²) in [6.45, 7) is 6.72. The molecule has 0 fully saturated rings. The summed E-state index contributed by atoms with van der Waals surface area (Å²) < 4.78 is 5.84. The van der Waals surface area contributed by atoms with E-state index in [1.165, 1.54) is 16.7 Å². The number of nitrogens with two attached hydrogens (primary N) is 1. The van der Waals surface area contributed by atoms with E-state index in [2.05, 4.69) is 51.1 Å². The predicted molar refractivity (Wildman–Crippen MR) is 79.5 cm³/mol. The lowest BCUT2D eigenvalue weighted by Crippen LogP contribution is -2.19. The highest BCUT2D eigenvalue weighted by Gasteiger charge is 2.08. The molecule has 2 nitrogen and oxygen atoms in total.